The SMILES string of the molecule is O=C(C1CCn2ccnc2C1)N(CCCO)Cc1cccc(Cl)c1. The fraction of sp³-hybridized carbons (Fsp3) is 0.444. The normalized spacial score (nSPS) is 16.7. The number of nitrogens with zero attached hydrogens (tertiary/aromatic N) is 3. The van der Waals surface area contributed by atoms with E-state index in [0.29, 0.717) is 31.0 Å². The first kappa shape index (κ1) is 17.0. The molecule has 1 amide bonds. The summed E-state index contributed by atoms with van der Waals surface area (Å²) in [6.07, 6.45) is 5.83. The fourth-order valence-corrected chi connectivity index (χ4v) is 3.42. The molecular formula is C18H22ClN3O2. The van der Waals surface area contributed by atoms with Gasteiger partial charge in [0.2, 0.25) is 5.91 Å². The third-order valence-electron chi connectivity index (χ3n) is 4.46. The van der Waals surface area contributed by atoms with Gasteiger partial charge in [-0.2, -0.15) is 0 Å². The van der Waals surface area contributed by atoms with Crippen LogP contribution in [-0.4, -0.2) is 38.6 Å². The molecule has 1 unspecified atom stereocenters. The van der Waals surface area contributed by atoms with E-state index >= 15 is 0 Å². The van der Waals surface area contributed by atoms with Gasteiger partial charge in [-0.3, -0.25) is 4.79 Å². The lowest BCUT2D eigenvalue weighted by Crippen LogP contribution is -2.39. The Kier molecular flexibility index (Phi) is 5.53. The van der Waals surface area contributed by atoms with E-state index in [2.05, 4.69) is 9.55 Å². The number of aliphatic hydroxyl groups is 1. The second-order valence-electron chi connectivity index (χ2n) is 6.19. The van der Waals surface area contributed by atoms with Crippen molar-refractivity contribution >= 4 is 17.5 Å². The number of halogens is 1. The van der Waals surface area contributed by atoms with Gasteiger partial charge in [-0.1, -0.05) is 23.7 Å². The summed E-state index contributed by atoms with van der Waals surface area (Å²) < 4.78 is 2.11. The first-order valence-corrected chi connectivity index (χ1v) is 8.69. The van der Waals surface area contributed by atoms with E-state index in [1.165, 1.54) is 0 Å². The molecule has 1 N–H and O–H groups in total. The Morgan fingerprint density at radius 1 is 1.46 bits per heavy atom. The first-order valence-electron chi connectivity index (χ1n) is 8.31. The molecule has 0 bridgehead atoms. The largest absolute Gasteiger partial charge is 0.396 e. The quantitative estimate of drug-likeness (QED) is 0.873. The van der Waals surface area contributed by atoms with Gasteiger partial charge in [0, 0.05) is 56.0 Å². The van der Waals surface area contributed by atoms with Gasteiger partial charge in [0.15, 0.2) is 0 Å². The molecule has 1 atom stereocenters. The number of hydrogen-bond acceptors (Lipinski definition) is 3. The van der Waals surface area contributed by atoms with Crippen molar-refractivity contribution in [3.8, 4) is 0 Å². The summed E-state index contributed by atoms with van der Waals surface area (Å²) in [5, 5.41) is 9.82. The highest BCUT2D eigenvalue weighted by Crippen LogP contribution is 2.23. The maximum Gasteiger partial charge on any atom is 0.226 e. The average molecular weight is 348 g/mol. The van der Waals surface area contributed by atoms with Crippen LogP contribution in [0.4, 0.5) is 0 Å². The molecule has 0 saturated heterocycles. The lowest BCUT2D eigenvalue weighted by Gasteiger charge is -2.30. The number of carbonyl (C=O) groups excluding carboxylic acids is 1. The Morgan fingerprint density at radius 3 is 3.12 bits per heavy atom. The molecule has 128 valence electrons. The number of aromatic nitrogens is 2. The minimum atomic E-state index is -0.0437. The Bertz CT molecular complexity index is 701. The van der Waals surface area contributed by atoms with E-state index in [0.717, 1.165) is 24.4 Å². The summed E-state index contributed by atoms with van der Waals surface area (Å²) in [5.41, 5.74) is 1.01. The third-order valence-corrected chi connectivity index (χ3v) is 4.69. The van der Waals surface area contributed by atoms with E-state index in [1.807, 2.05) is 35.4 Å². The van der Waals surface area contributed by atoms with Crippen molar-refractivity contribution in [1.82, 2.24) is 14.5 Å². The van der Waals surface area contributed by atoms with E-state index in [1.54, 1.807) is 6.20 Å². The van der Waals surface area contributed by atoms with Gasteiger partial charge in [0.1, 0.15) is 5.82 Å². The molecule has 0 fully saturated rings. The number of carbonyl (C=O) groups is 1. The van der Waals surface area contributed by atoms with Crippen molar-refractivity contribution < 1.29 is 9.90 Å². The summed E-state index contributed by atoms with van der Waals surface area (Å²) in [4.78, 5) is 19.2. The number of imidazole rings is 1. The van der Waals surface area contributed by atoms with Gasteiger partial charge >= 0.3 is 0 Å². The van der Waals surface area contributed by atoms with Gasteiger partial charge in [-0.05, 0) is 30.5 Å². The van der Waals surface area contributed by atoms with Crippen molar-refractivity contribution in [3.05, 3.63) is 53.1 Å². The van der Waals surface area contributed by atoms with Crippen molar-refractivity contribution in [1.29, 1.82) is 0 Å². The summed E-state index contributed by atoms with van der Waals surface area (Å²) >= 11 is 6.05. The third kappa shape index (κ3) is 3.97. The van der Waals surface area contributed by atoms with Crippen molar-refractivity contribution in [2.45, 2.75) is 32.4 Å². The van der Waals surface area contributed by atoms with E-state index in [4.69, 9.17) is 16.7 Å². The molecule has 0 radical (unpaired) electrons. The zero-order chi connectivity index (χ0) is 16.9. The lowest BCUT2D eigenvalue weighted by molar-refractivity contribution is -0.137. The van der Waals surface area contributed by atoms with Gasteiger partial charge < -0.3 is 14.6 Å². The number of fused-ring (bicyclic) bond motifs is 1. The summed E-state index contributed by atoms with van der Waals surface area (Å²) in [7, 11) is 0. The Labute approximate surface area is 146 Å². The van der Waals surface area contributed by atoms with Crippen LogP contribution >= 0.6 is 11.6 Å². The molecule has 24 heavy (non-hydrogen) atoms. The summed E-state index contributed by atoms with van der Waals surface area (Å²) in [6.45, 7) is 1.97. The van der Waals surface area contributed by atoms with E-state index in [9.17, 15) is 4.79 Å². The van der Waals surface area contributed by atoms with E-state index in [-0.39, 0.29) is 18.4 Å². The highest BCUT2D eigenvalue weighted by Gasteiger charge is 2.28. The van der Waals surface area contributed by atoms with Gasteiger partial charge in [0.25, 0.3) is 0 Å². The lowest BCUT2D eigenvalue weighted by atomic mass is 9.95. The molecule has 1 aromatic carbocycles. The molecular weight excluding hydrogens is 326 g/mol. The van der Waals surface area contributed by atoms with Crippen LogP contribution in [-0.2, 0) is 24.3 Å². The van der Waals surface area contributed by atoms with Crippen LogP contribution in [0.5, 0.6) is 0 Å². The molecule has 1 aliphatic rings. The number of aryl methyl sites for hydroxylation is 1. The molecule has 5 nitrogen and oxygen atoms in total. The maximum absolute atomic E-state index is 13.0. The predicted octanol–water partition coefficient (Wildman–Crippen LogP) is 2.51. The molecule has 0 saturated carbocycles. The fourth-order valence-electron chi connectivity index (χ4n) is 3.20. The van der Waals surface area contributed by atoms with Gasteiger partial charge in [-0.15, -0.1) is 0 Å². The van der Waals surface area contributed by atoms with Crippen molar-refractivity contribution in [2.24, 2.45) is 5.92 Å². The van der Waals surface area contributed by atoms with E-state index < -0.39 is 0 Å². The zero-order valence-corrected chi connectivity index (χ0v) is 14.3. The number of amides is 1. The first-order chi connectivity index (χ1) is 11.7. The number of hydrogen-bond donors (Lipinski definition) is 1. The summed E-state index contributed by atoms with van der Waals surface area (Å²) in [5.74, 6) is 1.07. The van der Waals surface area contributed by atoms with Crippen molar-refractivity contribution in [2.75, 3.05) is 13.2 Å². The van der Waals surface area contributed by atoms with Gasteiger partial charge in [-0.25, -0.2) is 4.98 Å². The molecule has 1 aliphatic heterocycles. The van der Waals surface area contributed by atoms with Crippen LogP contribution in [0.15, 0.2) is 36.7 Å². The van der Waals surface area contributed by atoms with Crippen LogP contribution in [0.25, 0.3) is 0 Å². The molecule has 3 rings (SSSR count). The molecule has 1 aromatic heterocycles. The molecule has 2 heterocycles. The second kappa shape index (κ2) is 7.81. The van der Waals surface area contributed by atoms with Crippen LogP contribution in [0.1, 0.15) is 24.2 Å². The monoisotopic (exact) mass is 347 g/mol. The van der Waals surface area contributed by atoms with Crippen molar-refractivity contribution in [3.63, 3.8) is 0 Å². The van der Waals surface area contributed by atoms with Crippen LogP contribution < -0.4 is 0 Å². The molecule has 2 aromatic rings. The van der Waals surface area contributed by atoms with Crippen LogP contribution in [0.2, 0.25) is 5.02 Å². The topological polar surface area (TPSA) is 58.4 Å². The van der Waals surface area contributed by atoms with Crippen LogP contribution in [0, 0.1) is 5.92 Å². The summed E-state index contributed by atoms with van der Waals surface area (Å²) in [6, 6.07) is 7.57. The highest BCUT2D eigenvalue weighted by atomic mass is 35.5. The number of benzene rings is 1. The van der Waals surface area contributed by atoms with Crippen LogP contribution in [0.3, 0.4) is 0 Å². The Hall–Kier alpha value is -1.85. The van der Waals surface area contributed by atoms with Gasteiger partial charge in [0.05, 0.1) is 0 Å². The second-order valence-corrected chi connectivity index (χ2v) is 6.63. The minimum Gasteiger partial charge on any atom is -0.396 e. The molecule has 0 spiro atoms. The average Bonchev–Trinajstić information content (AvgIpc) is 3.05. The Balaban J connectivity index is 1.72. The highest BCUT2D eigenvalue weighted by molar-refractivity contribution is 6.30. The number of aliphatic hydroxyl groups excluding tert-OH is 1. The molecule has 6 heteroatoms. The number of rotatable bonds is 6. The smallest absolute Gasteiger partial charge is 0.226 e. The maximum atomic E-state index is 13.0. The minimum absolute atomic E-state index is 0.0437. The predicted molar refractivity (Wildman–Crippen MR) is 92.6 cm³/mol. The Morgan fingerprint density at radius 2 is 2.33 bits per heavy atom. The standard InChI is InChI=1S/C18H22ClN3O2/c19-16-4-1-3-14(11-16)13-22(7-2-10-23)18(24)15-5-8-21-9-6-20-17(21)12-15/h1,3-4,6,9,11,15,23H,2,5,7-8,10,12-13H2. The molecule has 0 aliphatic carbocycles. The zero-order valence-electron chi connectivity index (χ0n) is 13.6.